The van der Waals surface area contributed by atoms with E-state index in [-0.39, 0.29) is 11.8 Å². The zero-order valence-electron chi connectivity index (χ0n) is 17.9. The molecule has 2 aromatic carbocycles. The highest BCUT2D eigenvalue weighted by Crippen LogP contribution is 2.24. The second-order valence-corrected chi connectivity index (χ2v) is 7.69. The van der Waals surface area contributed by atoms with Gasteiger partial charge in [-0.3, -0.25) is 9.78 Å². The quantitative estimate of drug-likeness (QED) is 0.432. The lowest BCUT2D eigenvalue weighted by Crippen LogP contribution is -2.32. The number of nitrogens with zero attached hydrogens (tertiary/aromatic N) is 3. The summed E-state index contributed by atoms with van der Waals surface area (Å²) < 4.78 is 11.2. The van der Waals surface area contributed by atoms with E-state index in [4.69, 9.17) is 9.26 Å². The average Bonchev–Trinajstić information content (AvgIpc) is 3.32. The fraction of sp³-hybridized carbons (Fsp3) is 0.200. The number of para-hydroxylation sites is 1. The predicted molar refractivity (Wildman–Crippen MR) is 120 cm³/mol. The van der Waals surface area contributed by atoms with Crippen molar-refractivity contribution in [2.24, 2.45) is 5.92 Å². The second kappa shape index (κ2) is 9.87. The van der Waals surface area contributed by atoms with Crippen LogP contribution in [0.2, 0.25) is 0 Å². The van der Waals surface area contributed by atoms with Gasteiger partial charge >= 0.3 is 0 Å². The molecule has 0 bridgehead atoms. The fourth-order valence-corrected chi connectivity index (χ4v) is 3.15. The molecule has 0 saturated carbocycles. The van der Waals surface area contributed by atoms with Gasteiger partial charge in [0.2, 0.25) is 11.7 Å². The first-order chi connectivity index (χ1) is 15.6. The number of hydrogen-bond donors (Lipinski definition) is 1. The lowest BCUT2D eigenvalue weighted by Gasteiger charge is -2.18. The van der Waals surface area contributed by atoms with Crippen LogP contribution < -0.4 is 10.1 Å². The van der Waals surface area contributed by atoms with Crippen LogP contribution in [0.5, 0.6) is 5.75 Å². The van der Waals surface area contributed by atoms with Crippen LogP contribution in [-0.4, -0.2) is 21.0 Å². The number of carbonyl (C=O) groups excluding carboxylic acids is 1. The van der Waals surface area contributed by atoms with Gasteiger partial charge in [-0.15, -0.1) is 0 Å². The third kappa shape index (κ3) is 5.18. The van der Waals surface area contributed by atoms with Crippen molar-refractivity contribution in [3.8, 4) is 17.1 Å². The second-order valence-electron chi connectivity index (χ2n) is 7.69. The highest BCUT2D eigenvalue weighted by atomic mass is 16.5. The summed E-state index contributed by atoms with van der Waals surface area (Å²) in [5.74, 6) is 1.49. The molecule has 0 aliphatic heterocycles. The topological polar surface area (TPSA) is 90.1 Å². The van der Waals surface area contributed by atoms with Crippen LogP contribution in [0.3, 0.4) is 0 Å². The lowest BCUT2D eigenvalue weighted by molar-refractivity contribution is 0.0914. The highest BCUT2D eigenvalue weighted by Gasteiger charge is 2.25. The summed E-state index contributed by atoms with van der Waals surface area (Å²) in [6, 6.07) is 20.2. The molecule has 7 heteroatoms. The van der Waals surface area contributed by atoms with Crippen molar-refractivity contribution in [3.05, 3.63) is 96.1 Å². The molecule has 1 unspecified atom stereocenters. The maximum Gasteiger partial charge on any atom is 0.251 e. The van der Waals surface area contributed by atoms with Crippen LogP contribution in [0.15, 0.2) is 83.6 Å². The molecule has 4 rings (SSSR count). The maximum atomic E-state index is 12.9. The Morgan fingerprint density at radius 2 is 1.72 bits per heavy atom. The zero-order chi connectivity index (χ0) is 22.3. The minimum Gasteiger partial charge on any atom is -0.489 e. The van der Waals surface area contributed by atoms with Crippen molar-refractivity contribution in [2.45, 2.75) is 26.5 Å². The summed E-state index contributed by atoms with van der Waals surface area (Å²) in [5, 5.41) is 7.06. The number of benzene rings is 2. The fourth-order valence-electron chi connectivity index (χ4n) is 3.15. The molecule has 0 radical (unpaired) electrons. The first-order valence-electron chi connectivity index (χ1n) is 10.4. The number of rotatable bonds is 8. The van der Waals surface area contributed by atoms with E-state index >= 15 is 0 Å². The SMILES string of the molecule is CC(C)C(NC(=O)c1ccc(COc2ccccc2)cc1)c1nc(-c2ccncc2)no1. The Kier molecular flexibility index (Phi) is 6.55. The van der Waals surface area contributed by atoms with E-state index in [0.29, 0.717) is 23.9 Å². The van der Waals surface area contributed by atoms with Crippen LogP contribution in [0.4, 0.5) is 0 Å². The summed E-state index contributed by atoms with van der Waals surface area (Å²) >= 11 is 0. The molecule has 7 nitrogen and oxygen atoms in total. The Balaban J connectivity index is 1.41. The van der Waals surface area contributed by atoms with Crippen molar-refractivity contribution >= 4 is 5.91 Å². The minimum atomic E-state index is -0.410. The van der Waals surface area contributed by atoms with Crippen LogP contribution >= 0.6 is 0 Å². The Labute approximate surface area is 186 Å². The number of nitrogens with one attached hydrogen (secondary N) is 1. The molecular formula is C25H24N4O3. The molecule has 0 spiro atoms. The largest absolute Gasteiger partial charge is 0.489 e. The van der Waals surface area contributed by atoms with E-state index in [0.717, 1.165) is 16.9 Å². The van der Waals surface area contributed by atoms with E-state index in [1.54, 1.807) is 36.7 Å². The van der Waals surface area contributed by atoms with Gasteiger partial charge in [-0.2, -0.15) is 4.98 Å². The van der Waals surface area contributed by atoms with Crippen LogP contribution in [0.25, 0.3) is 11.4 Å². The highest BCUT2D eigenvalue weighted by molar-refractivity contribution is 5.94. The molecule has 162 valence electrons. The Bertz CT molecular complexity index is 1140. The first kappa shape index (κ1) is 21.2. The van der Waals surface area contributed by atoms with Crippen molar-refractivity contribution in [1.29, 1.82) is 0 Å². The molecule has 0 aliphatic carbocycles. The average molecular weight is 428 g/mol. The van der Waals surface area contributed by atoms with Crippen LogP contribution in [0.1, 0.15) is 41.7 Å². The van der Waals surface area contributed by atoms with Crippen molar-refractivity contribution in [1.82, 2.24) is 20.4 Å². The van der Waals surface area contributed by atoms with Gasteiger partial charge < -0.3 is 14.6 Å². The predicted octanol–water partition coefficient (Wildman–Crippen LogP) is 4.84. The van der Waals surface area contributed by atoms with Gasteiger partial charge in [0.15, 0.2) is 0 Å². The van der Waals surface area contributed by atoms with Gasteiger partial charge in [0.25, 0.3) is 5.91 Å². The Hall–Kier alpha value is -4.00. The third-order valence-corrected chi connectivity index (χ3v) is 4.96. The standard InChI is InChI=1S/C25H24N4O3/c1-17(2)22(25-28-23(29-32-25)19-12-14-26-15-13-19)27-24(30)20-10-8-18(9-11-20)16-31-21-6-4-3-5-7-21/h3-15,17,22H,16H2,1-2H3,(H,27,30). The Morgan fingerprint density at radius 1 is 1.00 bits per heavy atom. The molecule has 4 aromatic rings. The van der Waals surface area contributed by atoms with Gasteiger partial charge in [0.05, 0.1) is 0 Å². The molecule has 0 aliphatic rings. The molecule has 1 atom stereocenters. The van der Waals surface area contributed by atoms with Gasteiger partial charge in [0, 0.05) is 23.5 Å². The molecule has 1 amide bonds. The third-order valence-electron chi connectivity index (χ3n) is 4.96. The molecule has 2 aromatic heterocycles. The van der Waals surface area contributed by atoms with Crippen molar-refractivity contribution < 1.29 is 14.1 Å². The van der Waals surface area contributed by atoms with Gasteiger partial charge in [-0.1, -0.05) is 49.3 Å². The summed E-state index contributed by atoms with van der Waals surface area (Å²) in [6.45, 7) is 4.41. The van der Waals surface area contributed by atoms with Gasteiger partial charge in [-0.05, 0) is 47.9 Å². The number of ether oxygens (including phenoxy) is 1. The number of aromatic nitrogens is 3. The normalized spacial score (nSPS) is 11.8. The summed E-state index contributed by atoms with van der Waals surface area (Å²) in [7, 11) is 0. The smallest absolute Gasteiger partial charge is 0.251 e. The van der Waals surface area contributed by atoms with E-state index < -0.39 is 6.04 Å². The molecular weight excluding hydrogens is 404 g/mol. The summed E-state index contributed by atoms with van der Waals surface area (Å²) in [6.07, 6.45) is 3.34. The number of pyridine rings is 1. The van der Waals surface area contributed by atoms with Gasteiger partial charge in [-0.25, -0.2) is 0 Å². The number of carbonyl (C=O) groups is 1. The van der Waals surface area contributed by atoms with Crippen molar-refractivity contribution in [2.75, 3.05) is 0 Å². The number of hydrogen-bond acceptors (Lipinski definition) is 6. The lowest BCUT2D eigenvalue weighted by atomic mass is 10.0. The monoisotopic (exact) mass is 428 g/mol. The molecule has 0 fully saturated rings. The van der Waals surface area contributed by atoms with E-state index in [9.17, 15) is 4.79 Å². The van der Waals surface area contributed by atoms with Crippen molar-refractivity contribution in [3.63, 3.8) is 0 Å². The van der Waals surface area contributed by atoms with Crippen LogP contribution in [-0.2, 0) is 6.61 Å². The molecule has 0 saturated heterocycles. The molecule has 1 N–H and O–H groups in total. The Morgan fingerprint density at radius 3 is 2.41 bits per heavy atom. The summed E-state index contributed by atoms with van der Waals surface area (Å²) in [4.78, 5) is 21.3. The van der Waals surface area contributed by atoms with E-state index in [1.807, 2.05) is 56.3 Å². The first-order valence-corrected chi connectivity index (χ1v) is 10.4. The van der Waals surface area contributed by atoms with E-state index in [1.165, 1.54) is 0 Å². The number of amides is 1. The minimum absolute atomic E-state index is 0.0586. The van der Waals surface area contributed by atoms with Crippen LogP contribution in [0, 0.1) is 5.92 Å². The maximum absolute atomic E-state index is 12.9. The van der Waals surface area contributed by atoms with E-state index in [2.05, 4.69) is 20.4 Å². The molecule has 32 heavy (non-hydrogen) atoms. The molecule has 2 heterocycles. The van der Waals surface area contributed by atoms with Gasteiger partial charge in [0.1, 0.15) is 18.4 Å². The zero-order valence-corrected chi connectivity index (χ0v) is 17.9. The summed E-state index contributed by atoms with van der Waals surface area (Å²) in [5.41, 5.74) is 2.33.